The van der Waals surface area contributed by atoms with Crippen molar-refractivity contribution in [3.63, 3.8) is 0 Å². The Bertz CT molecular complexity index is 522. The predicted molar refractivity (Wildman–Crippen MR) is 65.3 cm³/mol. The summed E-state index contributed by atoms with van der Waals surface area (Å²) in [6.45, 7) is 1.16. The number of halogens is 1. The van der Waals surface area contributed by atoms with Crippen LogP contribution in [0.2, 0.25) is 0 Å². The Morgan fingerprint density at radius 1 is 1.53 bits per heavy atom. The highest BCUT2D eigenvalue weighted by Gasteiger charge is 2.76. The third-order valence-corrected chi connectivity index (χ3v) is 5.37. The summed E-state index contributed by atoms with van der Waals surface area (Å²) in [5.74, 6) is -2.83. The molecule has 7 heteroatoms. The molecule has 3 saturated heterocycles. The molecule has 1 spiro atoms. The molecule has 5 atom stereocenters. The monoisotopic (exact) mass is 329 g/mol. The lowest BCUT2D eigenvalue weighted by atomic mass is 9.76. The maximum atomic E-state index is 12.5. The fourth-order valence-corrected chi connectivity index (χ4v) is 4.63. The van der Waals surface area contributed by atoms with E-state index in [2.05, 4.69) is 15.9 Å². The lowest BCUT2D eigenvalue weighted by Gasteiger charge is -2.36. The first-order valence-electron chi connectivity index (χ1n) is 6.24. The lowest BCUT2D eigenvalue weighted by molar-refractivity contribution is -0.170. The Labute approximate surface area is 117 Å². The first kappa shape index (κ1) is 11.9. The molecule has 0 radical (unpaired) electrons. The zero-order valence-electron chi connectivity index (χ0n) is 9.91. The maximum absolute atomic E-state index is 12.5. The Morgan fingerprint density at radius 2 is 2.32 bits per heavy atom. The van der Waals surface area contributed by atoms with Crippen molar-refractivity contribution < 1.29 is 24.2 Å². The first-order chi connectivity index (χ1) is 9.00. The molecule has 4 heterocycles. The van der Waals surface area contributed by atoms with E-state index < -0.39 is 34.1 Å². The molecule has 0 saturated carbocycles. The van der Waals surface area contributed by atoms with Crippen LogP contribution in [0.15, 0.2) is 12.2 Å². The molecule has 2 bridgehead atoms. The topological polar surface area (TPSA) is 76.1 Å². The first-order valence-corrected chi connectivity index (χ1v) is 7.03. The number of hydrogen-bond acceptors (Lipinski definition) is 4. The fraction of sp³-hybridized carbons (Fsp3) is 0.667. The molecule has 0 aromatic heterocycles. The molecular weight excluding hydrogens is 318 g/mol. The number of carbonyl (C=O) groups excluding carboxylic acids is 1. The molecule has 0 aromatic rings. The molecule has 0 aromatic carbocycles. The normalized spacial score (nSPS) is 50.5. The number of ether oxygens (including phenoxy) is 2. The molecule has 0 aliphatic carbocycles. The summed E-state index contributed by atoms with van der Waals surface area (Å²) in [5.41, 5.74) is -0.954. The van der Waals surface area contributed by atoms with E-state index in [1.54, 1.807) is 17.1 Å². The van der Waals surface area contributed by atoms with Gasteiger partial charge in [0.15, 0.2) is 10.7 Å². The zero-order valence-corrected chi connectivity index (χ0v) is 11.5. The zero-order chi connectivity index (χ0) is 13.4. The second-order valence-corrected chi connectivity index (χ2v) is 6.63. The van der Waals surface area contributed by atoms with Crippen LogP contribution in [0.4, 0.5) is 0 Å². The predicted octanol–water partition coefficient (Wildman–Crippen LogP) is 0.322. The number of fused-ring (bicyclic) bond motifs is 2. The van der Waals surface area contributed by atoms with Gasteiger partial charge >= 0.3 is 5.97 Å². The van der Waals surface area contributed by atoms with Crippen molar-refractivity contribution in [2.45, 2.75) is 22.8 Å². The molecule has 102 valence electrons. The Balaban J connectivity index is 1.86. The highest BCUT2D eigenvalue weighted by atomic mass is 79.9. The van der Waals surface area contributed by atoms with E-state index >= 15 is 0 Å². The third-order valence-electron chi connectivity index (χ3n) is 4.45. The Morgan fingerprint density at radius 3 is 3.05 bits per heavy atom. The quantitative estimate of drug-likeness (QED) is 0.554. The second kappa shape index (κ2) is 3.39. The average Bonchev–Trinajstić information content (AvgIpc) is 2.94. The van der Waals surface area contributed by atoms with Gasteiger partial charge in [0.2, 0.25) is 5.91 Å². The molecule has 0 unspecified atom stereocenters. The minimum Gasteiger partial charge on any atom is -0.481 e. The van der Waals surface area contributed by atoms with Crippen LogP contribution < -0.4 is 0 Å². The summed E-state index contributed by atoms with van der Waals surface area (Å²) >= 11 is 3.33. The largest absolute Gasteiger partial charge is 0.481 e. The van der Waals surface area contributed by atoms with Crippen LogP contribution in [0.5, 0.6) is 0 Å². The summed E-state index contributed by atoms with van der Waals surface area (Å²) in [4.78, 5) is 25.7. The molecule has 6 nitrogen and oxygen atoms in total. The number of aliphatic carboxylic acids is 1. The number of nitrogens with zero attached hydrogens (tertiary/aromatic N) is 1. The van der Waals surface area contributed by atoms with Crippen LogP contribution in [-0.4, -0.2) is 51.4 Å². The maximum Gasteiger partial charge on any atom is 0.311 e. The van der Waals surface area contributed by atoms with E-state index in [4.69, 9.17) is 9.47 Å². The summed E-state index contributed by atoms with van der Waals surface area (Å²) < 4.78 is 10.5. The molecule has 1 amide bonds. The van der Waals surface area contributed by atoms with Crippen molar-refractivity contribution in [3.8, 4) is 0 Å². The molecule has 3 fully saturated rings. The smallest absolute Gasteiger partial charge is 0.311 e. The average molecular weight is 330 g/mol. The van der Waals surface area contributed by atoms with Gasteiger partial charge in [0.1, 0.15) is 11.5 Å². The number of amides is 1. The van der Waals surface area contributed by atoms with E-state index in [0.29, 0.717) is 13.2 Å². The minimum absolute atomic E-state index is 0.178. The van der Waals surface area contributed by atoms with Crippen LogP contribution in [0.3, 0.4) is 0 Å². The van der Waals surface area contributed by atoms with Gasteiger partial charge in [-0.3, -0.25) is 9.59 Å². The van der Waals surface area contributed by atoms with Gasteiger partial charge in [-0.15, -0.1) is 0 Å². The van der Waals surface area contributed by atoms with Crippen molar-refractivity contribution in [1.29, 1.82) is 0 Å². The van der Waals surface area contributed by atoms with Crippen LogP contribution in [0.1, 0.15) is 6.42 Å². The van der Waals surface area contributed by atoms with E-state index in [9.17, 15) is 14.7 Å². The standard InChI is InChI=1S/C12H12BrNO5/c13-12-3-2-11(19-12)6(7(12)9(16)17)8(15)14-4-1-5-18-10(11)14/h2-3,6-7,10H,1,4-5H2,(H,16,17)/t6-,7+,10+,11-,12-/m0/s1. The second-order valence-electron chi connectivity index (χ2n) is 5.39. The van der Waals surface area contributed by atoms with Gasteiger partial charge in [-0.1, -0.05) is 0 Å². The molecule has 4 rings (SSSR count). The van der Waals surface area contributed by atoms with Gasteiger partial charge in [0, 0.05) is 6.54 Å². The molecule has 4 aliphatic rings. The van der Waals surface area contributed by atoms with Crippen LogP contribution >= 0.6 is 15.9 Å². The van der Waals surface area contributed by atoms with Gasteiger partial charge in [-0.25, -0.2) is 0 Å². The number of rotatable bonds is 1. The summed E-state index contributed by atoms with van der Waals surface area (Å²) in [5, 5.41) is 9.44. The van der Waals surface area contributed by atoms with Crippen molar-refractivity contribution in [2.24, 2.45) is 11.8 Å². The number of carboxylic acid groups (broad SMARTS) is 1. The van der Waals surface area contributed by atoms with E-state index in [1.807, 2.05) is 0 Å². The number of alkyl halides is 1. The lowest BCUT2D eigenvalue weighted by Crippen LogP contribution is -2.50. The molecule has 4 aliphatic heterocycles. The molecule has 19 heavy (non-hydrogen) atoms. The van der Waals surface area contributed by atoms with Gasteiger partial charge in [-0.05, 0) is 34.5 Å². The fourth-order valence-electron chi connectivity index (χ4n) is 3.75. The van der Waals surface area contributed by atoms with Gasteiger partial charge in [0.05, 0.1) is 12.5 Å². The van der Waals surface area contributed by atoms with Crippen molar-refractivity contribution in [1.82, 2.24) is 4.90 Å². The van der Waals surface area contributed by atoms with Crippen molar-refractivity contribution in [3.05, 3.63) is 12.2 Å². The number of carbonyl (C=O) groups is 2. The summed E-state index contributed by atoms with van der Waals surface area (Å²) in [6.07, 6.45) is 3.75. The highest BCUT2D eigenvalue weighted by Crippen LogP contribution is 2.62. The van der Waals surface area contributed by atoms with Crippen molar-refractivity contribution >= 4 is 27.8 Å². The number of carboxylic acids is 1. The minimum atomic E-state index is -1.09. The summed E-state index contributed by atoms with van der Waals surface area (Å²) in [7, 11) is 0. The van der Waals surface area contributed by atoms with Gasteiger partial charge in [0.25, 0.3) is 0 Å². The SMILES string of the molecule is O=C(O)[C@H]1[C@H]2C(=O)N3CCCO[C@@H]3[C@]23C=C[C@]1(Br)O3. The molecular formula is C12H12BrNO5. The van der Waals surface area contributed by atoms with Gasteiger partial charge in [-0.2, -0.15) is 0 Å². The Kier molecular flexibility index (Phi) is 2.12. The number of hydrogen-bond donors (Lipinski definition) is 1. The van der Waals surface area contributed by atoms with Gasteiger partial charge < -0.3 is 19.5 Å². The third kappa shape index (κ3) is 1.19. The van der Waals surface area contributed by atoms with Crippen molar-refractivity contribution in [2.75, 3.05) is 13.2 Å². The van der Waals surface area contributed by atoms with E-state index in [0.717, 1.165) is 6.42 Å². The molecule has 1 N–H and O–H groups in total. The van der Waals surface area contributed by atoms with Crippen LogP contribution in [-0.2, 0) is 19.1 Å². The summed E-state index contributed by atoms with van der Waals surface area (Å²) in [6, 6.07) is 0. The van der Waals surface area contributed by atoms with E-state index in [1.165, 1.54) is 0 Å². The highest BCUT2D eigenvalue weighted by molar-refractivity contribution is 9.10. The Hall–Kier alpha value is -0.920. The van der Waals surface area contributed by atoms with Crippen LogP contribution in [0.25, 0.3) is 0 Å². The van der Waals surface area contributed by atoms with Crippen LogP contribution in [0, 0.1) is 11.8 Å². The van der Waals surface area contributed by atoms with E-state index in [-0.39, 0.29) is 5.91 Å².